The van der Waals surface area contributed by atoms with Crippen molar-refractivity contribution in [3.05, 3.63) is 28.7 Å². The molecule has 2 saturated carbocycles. The number of rotatable bonds is 5. The summed E-state index contributed by atoms with van der Waals surface area (Å²) in [4.78, 5) is 51.8. The second kappa shape index (κ2) is 8.35. The van der Waals surface area contributed by atoms with E-state index in [1.54, 1.807) is 24.3 Å². The number of nitrogens with zero attached hydrogens (tertiary/aromatic N) is 1. The molecule has 3 fully saturated rings. The van der Waals surface area contributed by atoms with E-state index in [2.05, 4.69) is 53.1 Å². The molecular formula is C20H19Br3N2O5. The lowest BCUT2D eigenvalue weighted by molar-refractivity contribution is -0.159. The van der Waals surface area contributed by atoms with E-state index in [0.29, 0.717) is 5.69 Å². The molecule has 7 nitrogen and oxygen atoms in total. The highest BCUT2D eigenvalue weighted by Crippen LogP contribution is 2.60. The topological polar surface area (TPSA) is 92.8 Å². The van der Waals surface area contributed by atoms with Crippen molar-refractivity contribution in [3.8, 4) is 0 Å². The normalized spacial score (nSPS) is 32.9. The number of alkyl halides is 2. The zero-order chi connectivity index (χ0) is 21.7. The van der Waals surface area contributed by atoms with E-state index in [1.165, 1.54) is 6.92 Å². The van der Waals surface area contributed by atoms with Crippen molar-refractivity contribution in [1.29, 1.82) is 0 Å². The number of likely N-dealkylation sites (tertiary alicyclic amines) is 1. The lowest BCUT2D eigenvalue weighted by Crippen LogP contribution is -2.45. The highest BCUT2D eigenvalue weighted by atomic mass is 79.9. The van der Waals surface area contributed by atoms with Crippen LogP contribution in [0.5, 0.6) is 0 Å². The second-order valence-corrected chi connectivity index (χ2v) is 10.9. The zero-order valence-electron chi connectivity index (χ0n) is 15.9. The number of amides is 3. The number of carbonyl (C=O) groups is 4. The number of hydrogen-bond acceptors (Lipinski definition) is 5. The fourth-order valence-corrected chi connectivity index (χ4v) is 6.98. The van der Waals surface area contributed by atoms with Crippen LogP contribution in [0.2, 0.25) is 0 Å². The number of esters is 1. The van der Waals surface area contributed by atoms with Crippen LogP contribution in [0.25, 0.3) is 0 Å². The molecule has 1 aliphatic heterocycles. The van der Waals surface area contributed by atoms with Gasteiger partial charge in [-0.3, -0.25) is 19.3 Å². The van der Waals surface area contributed by atoms with Gasteiger partial charge in [-0.05, 0) is 49.4 Å². The maximum atomic E-state index is 13.0. The van der Waals surface area contributed by atoms with E-state index in [0.717, 1.165) is 15.8 Å². The maximum Gasteiger partial charge on any atom is 0.329 e. The van der Waals surface area contributed by atoms with Gasteiger partial charge >= 0.3 is 5.97 Å². The molecule has 3 amide bonds. The van der Waals surface area contributed by atoms with Crippen LogP contribution in [0.4, 0.5) is 5.69 Å². The Balaban J connectivity index is 1.36. The number of anilines is 1. The predicted molar refractivity (Wildman–Crippen MR) is 119 cm³/mol. The van der Waals surface area contributed by atoms with Gasteiger partial charge in [0.25, 0.3) is 5.91 Å². The fourth-order valence-electron chi connectivity index (χ4n) is 4.85. The van der Waals surface area contributed by atoms with Crippen molar-refractivity contribution in [2.45, 2.75) is 29.0 Å². The van der Waals surface area contributed by atoms with Crippen LogP contribution in [0.3, 0.4) is 0 Å². The molecule has 2 aliphatic carbocycles. The Morgan fingerprint density at radius 3 is 2.17 bits per heavy atom. The third-order valence-electron chi connectivity index (χ3n) is 6.22. The van der Waals surface area contributed by atoms with Gasteiger partial charge in [-0.2, -0.15) is 0 Å². The average molecular weight is 607 g/mol. The number of halogens is 3. The first kappa shape index (κ1) is 22.0. The summed E-state index contributed by atoms with van der Waals surface area (Å²) >= 11 is 10.6. The van der Waals surface area contributed by atoms with Crippen molar-refractivity contribution in [3.63, 3.8) is 0 Å². The van der Waals surface area contributed by atoms with Gasteiger partial charge in [0.2, 0.25) is 11.8 Å². The van der Waals surface area contributed by atoms with Gasteiger partial charge in [0.1, 0.15) is 6.04 Å². The summed E-state index contributed by atoms with van der Waals surface area (Å²) in [6, 6.07) is 5.88. The zero-order valence-corrected chi connectivity index (χ0v) is 20.6. The molecule has 0 spiro atoms. The maximum absolute atomic E-state index is 13.0. The molecule has 10 heteroatoms. The van der Waals surface area contributed by atoms with E-state index in [9.17, 15) is 19.2 Å². The van der Waals surface area contributed by atoms with Crippen LogP contribution in [-0.4, -0.2) is 50.9 Å². The quantitative estimate of drug-likeness (QED) is 0.316. The average Bonchev–Trinajstić information content (AvgIpc) is 3.32. The van der Waals surface area contributed by atoms with Crippen LogP contribution < -0.4 is 5.32 Å². The first-order chi connectivity index (χ1) is 14.2. The van der Waals surface area contributed by atoms with Crippen molar-refractivity contribution in [1.82, 2.24) is 4.90 Å². The Labute approximate surface area is 198 Å². The third-order valence-corrected chi connectivity index (χ3v) is 9.96. The van der Waals surface area contributed by atoms with Crippen LogP contribution in [-0.2, 0) is 23.9 Å². The van der Waals surface area contributed by atoms with Gasteiger partial charge in [-0.1, -0.05) is 47.8 Å². The van der Waals surface area contributed by atoms with Crippen molar-refractivity contribution in [2.75, 3.05) is 11.9 Å². The molecule has 0 aromatic heterocycles. The molecule has 1 heterocycles. The number of nitrogens with one attached hydrogen (secondary N) is 1. The van der Waals surface area contributed by atoms with Gasteiger partial charge in [0.15, 0.2) is 6.61 Å². The monoisotopic (exact) mass is 604 g/mol. The predicted octanol–water partition coefficient (Wildman–Crippen LogP) is 3.10. The van der Waals surface area contributed by atoms with Crippen LogP contribution in [0.1, 0.15) is 13.3 Å². The van der Waals surface area contributed by atoms with Gasteiger partial charge in [-0.25, -0.2) is 4.79 Å². The molecule has 1 aromatic rings. The summed E-state index contributed by atoms with van der Waals surface area (Å²) in [6.07, 6.45) is 0.821. The summed E-state index contributed by atoms with van der Waals surface area (Å²) in [6.45, 7) is 0.964. The first-order valence-electron chi connectivity index (χ1n) is 9.57. The van der Waals surface area contributed by atoms with Crippen LogP contribution in [0, 0.1) is 23.7 Å². The van der Waals surface area contributed by atoms with Crippen LogP contribution in [0.15, 0.2) is 28.7 Å². The summed E-state index contributed by atoms with van der Waals surface area (Å²) in [5.74, 6) is -2.54. The van der Waals surface area contributed by atoms with Gasteiger partial charge in [0.05, 0.1) is 11.8 Å². The standard InChI is InChI=1S/C20H19Br3N2O5/c1-8(20(29)30-7-13(26)24-10-4-2-9(21)3-5-10)25-18(27)14-11-6-12(15(14)19(25)28)17(23)16(11)22/h2-5,8,11-12,14-17H,6-7H2,1H3,(H,24,26)/t8-,11-,12-,14-,15-,16+,17+/m1/s1. The first-order valence-corrected chi connectivity index (χ1v) is 12.2. The Kier molecular flexibility index (Phi) is 6.11. The smallest absolute Gasteiger partial charge is 0.329 e. The van der Waals surface area contributed by atoms with E-state index in [-0.39, 0.29) is 33.3 Å². The Hall–Kier alpha value is -1.26. The molecule has 4 rings (SSSR count). The minimum atomic E-state index is -1.07. The Morgan fingerprint density at radius 1 is 1.10 bits per heavy atom. The summed E-state index contributed by atoms with van der Waals surface area (Å²) in [7, 11) is 0. The molecular weight excluding hydrogens is 588 g/mol. The molecule has 1 aromatic carbocycles. The molecule has 0 unspecified atom stereocenters. The molecule has 3 aliphatic rings. The third kappa shape index (κ3) is 3.64. The minimum absolute atomic E-state index is 0.0748. The molecule has 160 valence electrons. The van der Waals surface area contributed by atoms with E-state index >= 15 is 0 Å². The summed E-state index contributed by atoms with van der Waals surface area (Å²) in [5.41, 5.74) is 0.564. The highest BCUT2D eigenvalue weighted by Gasteiger charge is 2.67. The Bertz CT molecular complexity index is 876. The van der Waals surface area contributed by atoms with Crippen molar-refractivity contribution in [2.24, 2.45) is 23.7 Å². The number of ether oxygens (including phenoxy) is 1. The van der Waals surface area contributed by atoms with Gasteiger partial charge in [-0.15, -0.1) is 0 Å². The molecule has 30 heavy (non-hydrogen) atoms. The van der Waals surface area contributed by atoms with Gasteiger partial charge in [0, 0.05) is 19.8 Å². The summed E-state index contributed by atoms with van der Waals surface area (Å²) in [5, 5.41) is 2.62. The number of fused-ring (bicyclic) bond motifs is 5. The van der Waals surface area contributed by atoms with Crippen molar-refractivity contribution < 1.29 is 23.9 Å². The lowest BCUT2D eigenvalue weighted by atomic mass is 9.81. The largest absolute Gasteiger partial charge is 0.454 e. The fraction of sp³-hybridized carbons (Fsp3) is 0.500. The van der Waals surface area contributed by atoms with E-state index in [1.807, 2.05) is 0 Å². The second-order valence-electron chi connectivity index (χ2n) is 7.89. The highest BCUT2D eigenvalue weighted by molar-refractivity contribution is 9.12. The number of carbonyl (C=O) groups excluding carboxylic acids is 4. The molecule has 1 saturated heterocycles. The number of benzene rings is 1. The Morgan fingerprint density at radius 2 is 1.63 bits per heavy atom. The minimum Gasteiger partial charge on any atom is -0.454 e. The molecule has 2 bridgehead atoms. The van der Waals surface area contributed by atoms with Crippen LogP contribution >= 0.6 is 47.8 Å². The number of hydrogen-bond donors (Lipinski definition) is 1. The molecule has 7 atom stereocenters. The SMILES string of the molecule is C[C@H](C(=O)OCC(=O)Nc1ccc(Br)cc1)N1C(=O)[C@@H]2[C@H]3C[C@@H]([C@H](Br)[C@H]3Br)[C@H]2C1=O. The van der Waals surface area contributed by atoms with Crippen molar-refractivity contribution >= 4 is 77.2 Å². The summed E-state index contributed by atoms with van der Waals surface area (Å²) < 4.78 is 5.95. The van der Waals surface area contributed by atoms with E-state index < -0.39 is 36.4 Å². The number of imide groups is 1. The molecule has 0 radical (unpaired) electrons. The van der Waals surface area contributed by atoms with E-state index in [4.69, 9.17) is 4.74 Å². The lowest BCUT2D eigenvalue weighted by Gasteiger charge is -2.28. The van der Waals surface area contributed by atoms with Gasteiger partial charge < -0.3 is 10.1 Å². The molecule has 1 N–H and O–H groups in total.